The fourth-order valence-corrected chi connectivity index (χ4v) is 3.62. The molecule has 21 heavy (non-hydrogen) atoms. The van der Waals surface area contributed by atoms with Gasteiger partial charge in [0.05, 0.1) is 11.2 Å². The number of aromatic nitrogens is 1. The van der Waals surface area contributed by atoms with Gasteiger partial charge in [-0.05, 0) is 52.6 Å². The first kappa shape index (κ1) is 14.8. The molecule has 1 aliphatic rings. The lowest BCUT2D eigenvalue weighted by Gasteiger charge is -2.43. The van der Waals surface area contributed by atoms with Crippen molar-refractivity contribution in [1.82, 2.24) is 4.98 Å². The van der Waals surface area contributed by atoms with E-state index in [4.69, 9.17) is 0 Å². The summed E-state index contributed by atoms with van der Waals surface area (Å²) in [4.78, 5) is 18.6. The number of nitrogens with zero attached hydrogens (tertiary/aromatic N) is 2. The Bertz CT molecular complexity index is 705. The number of hydrogen-bond acceptors (Lipinski definition) is 2. The minimum atomic E-state index is 0.206. The van der Waals surface area contributed by atoms with E-state index in [0.29, 0.717) is 12.5 Å². The van der Waals surface area contributed by atoms with E-state index in [0.717, 1.165) is 23.0 Å². The fourth-order valence-electron chi connectivity index (χ4n) is 3.00. The molecule has 1 aliphatic heterocycles. The van der Waals surface area contributed by atoms with Crippen molar-refractivity contribution in [2.75, 3.05) is 4.90 Å². The molecule has 0 radical (unpaired) electrons. The van der Waals surface area contributed by atoms with Crippen LogP contribution in [-0.4, -0.2) is 16.9 Å². The Morgan fingerprint density at radius 1 is 1.33 bits per heavy atom. The molecule has 1 aromatic heterocycles. The average Bonchev–Trinajstić information content (AvgIpc) is 2.40. The minimum Gasteiger partial charge on any atom is -0.307 e. The first-order valence-electron chi connectivity index (χ1n) is 7.22. The molecule has 0 unspecified atom stereocenters. The molecule has 1 atom stereocenters. The van der Waals surface area contributed by atoms with E-state index in [9.17, 15) is 4.79 Å². The number of halogens is 1. The highest BCUT2D eigenvalue weighted by Crippen LogP contribution is 2.38. The standard InChI is InChI=1S/C17H19IN2O/c1-17(2,3)10-11-9-15(21)20(11)14-7-6-13(18)12-5-4-8-19-16(12)14/h4-8,11H,9-10H2,1-3H3/t11-/m1/s1. The molecule has 1 aromatic carbocycles. The smallest absolute Gasteiger partial charge is 0.229 e. The first-order chi connectivity index (χ1) is 9.87. The van der Waals surface area contributed by atoms with Crippen LogP contribution in [0.4, 0.5) is 5.69 Å². The van der Waals surface area contributed by atoms with Gasteiger partial charge < -0.3 is 4.90 Å². The van der Waals surface area contributed by atoms with Crippen LogP contribution in [0.3, 0.4) is 0 Å². The van der Waals surface area contributed by atoms with Crippen LogP contribution in [0.5, 0.6) is 0 Å². The second-order valence-corrected chi connectivity index (χ2v) is 8.01. The summed E-state index contributed by atoms with van der Waals surface area (Å²) in [5.74, 6) is 0.206. The highest BCUT2D eigenvalue weighted by molar-refractivity contribution is 14.1. The molecule has 2 aromatic rings. The predicted molar refractivity (Wildman–Crippen MR) is 94.4 cm³/mol. The molecule has 1 fully saturated rings. The molecule has 110 valence electrons. The Balaban J connectivity index is 2.04. The number of amides is 1. The normalized spacial score (nSPS) is 19.0. The van der Waals surface area contributed by atoms with E-state index in [-0.39, 0.29) is 11.3 Å². The Morgan fingerprint density at radius 2 is 2.10 bits per heavy atom. The van der Waals surface area contributed by atoms with E-state index in [1.54, 1.807) is 6.20 Å². The van der Waals surface area contributed by atoms with Crippen LogP contribution in [0.25, 0.3) is 10.9 Å². The lowest BCUT2D eigenvalue weighted by Crippen LogP contribution is -2.54. The van der Waals surface area contributed by atoms with Crippen molar-refractivity contribution < 1.29 is 4.79 Å². The molecular formula is C17H19IN2O. The zero-order chi connectivity index (χ0) is 15.2. The molecule has 0 N–H and O–H groups in total. The fraction of sp³-hybridized carbons (Fsp3) is 0.412. The molecular weight excluding hydrogens is 375 g/mol. The van der Waals surface area contributed by atoms with Gasteiger partial charge in [0.1, 0.15) is 0 Å². The van der Waals surface area contributed by atoms with E-state index < -0.39 is 0 Å². The van der Waals surface area contributed by atoms with Crippen LogP contribution in [0.15, 0.2) is 30.5 Å². The quantitative estimate of drug-likeness (QED) is 0.560. The SMILES string of the molecule is CC(C)(C)C[C@H]1CC(=O)N1c1ccc(I)c2cccnc12. The second kappa shape index (κ2) is 5.23. The maximum atomic E-state index is 12.2. The Morgan fingerprint density at radius 3 is 2.76 bits per heavy atom. The predicted octanol–water partition coefficient (Wildman–Crippen LogP) is 4.38. The molecule has 1 amide bonds. The highest BCUT2D eigenvalue weighted by Gasteiger charge is 2.40. The summed E-state index contributed by atoms with van der Waals surface area (Å²) in [6.45, 7) is 6.66. The molecule has 3 nitrogen and oxygen atoms in total. The summed E-state index contributed by atoms with van der Waals surface area (Å²) in [6, 6.07) is 8.40. The summed E-state index contributed by atoms with van der Waals surface area (Å²) in [7, 11) is 0. The van der Waals surface area contributed by atoms with Gasteiger partial charge in [0.25, 0.3) is 0 Å². The third-order valence-electron chi connectivity index (χ3n) is 3.85. The topological polar surface area (TPSA) is 33.2 Å². The molecule has 1 saturated heterocycles. The molecule has 4 heteroatoms. The van der Waals surface area contributed by atoms with Crippen molar-refractivity contribution in [1.29, 1.82) is 0 Å². The number of anilines is 1. The summed E-state index contributed by atoms with van der Waals surface area (Å²) in [5.41, 5.74) is 2.10. The van der Waals surface area contributed by atoms with Crippen LogP contribution < -0.4 is 4.90 Å². The Labute approximate surface area is 138 Å². The van der Waals surface area contributed by atoms with Crippen LogP contribution in [0.1, 0.15) is 33.6 Å². The lowest BCUT2D eigenvalue weighted by atomic mass is 9.82. The maximum absolute atomic E-state index is 12.2. The molecule has 0 saturated carbocycles. The number of pyridine rings is 1. The van der Waals surface area contributed by atoms with Gasteiger partial charge in [-0.15, -0.1) is 0 Å². The minimum absolute atomic E-state index is 0.206. The number of benzene rings is 1. The van der Waals surface area contributed by atoms with Gasteiger partial charge in [-0.3, -0.25) is 9.78 Å². The number of fused-ring (bicyclic) bond motifs is 1. The van der Waals surface area contributed by atoms with Crippen molar-refractivity contribution >= 4 is 45.1 Å². The molecule has 0 spiro atoms. The first-order valence-corrected chi connectivity index (χ1v) is 8.30. The van der Waals surface area contributed by atoms with Crippen LogP contribution in [0, 0.1) is 8.99 Å². The van der Waals surface area contributed by atoms with Crippen molar-refractivity contribution in [3.8, 4) is 0 Å². The molecule has 2 heterocycles. The van der Waals surface area contributed by atoms with Gasteiger partial charge >= 0.3 is 0 Å². The molecule has 3 rings (SSSR count). The Hall–Kier alpha value is -1.17. The van der Waals surface area contributed by atoms with Crippen LogP contribution in [-0.2, 0) is 4.79 Å². The van der Waals surface area contributed by atoms with Gasteiger partial charge in [0.2, 0.25) is 5.91 Å². The van der Waals surface area contributed by atoms with Crippen molar-refractivity contribution in [3.05, 3.63) is 34.0 Å². The summed E-state index contributed by atoms with van der Waals surface area (Å²) >= 11 is 2.32. The number of hydrogen-bond donors (Lipinski definition) is 0. The van der Waals surface area contributed by atoms with Crippen LogP contribution >= 0.6 is 22.6 Å². The van der Waals surface area contributed by atoms with E-state index in [1.807, 2.05) is 17.0 Å². The van der Waals surface area contributed by atoms with Gasteiger partial charge in [-0.1, -0.05) is 26.8 Å². The molecule has 0 bridgehead atoms. The van der Waals surface area contributed by atoms with Crippen molar-refractivity contribution in [3.63, 3.8) is 0 Å². The lowest BCUT2D eigenvalue weighted by molar-refractivity contribution is -0.124. The van der Waals surface area contributed by atoms with Crippen molar-refractivity contribution in [2.24, 2.45) is 5.41 Å². The maximum Gasteiger partial charge on any atom is 0.229 e. The summed E-state index contributed by atoms with van der Waals surface area (Å²) in [5, 5.41) is 1.12. The number of carbonyl (C=O) groups is 1. The Kier molecular flexibility index (Phi) is 3.67. The van der Waals surface area contributed by atoms with Crippen LogP contribution in [0.2, 0.25) is 0 Å². The second-order valence-electron chi connectivity index (χ2n) is 6.85. The third kappa shape index (κ3) is 2.78. The van der Waals surface area contributed by atoms with Crippen molar-refractivity contribution in [2.45, 2.75) is 39.7 Å². The summed E-state index contributed by atoms with van der Waals surface area (Å²) < 4.78 is 1.17. The van der Waals surface area contributed by atoms with Gasteiger partial charge in [0, 0.05) is 27.6 Å². The number of carbonyl (C=O) groups excluding carboxylic acids is 1. The average molecular weight is 394 g/mol. The zero-order valence-electron chi connectivity index (χ0n) is 12.6. The number of β-lactam (4-membered cyclic amide) rings is 1. The number of rotatable bonds is 2. The summed E-state index contributed by atoms with van der Waals surface area (Å²) in [6.07, 6.45) is 3.46. The van der Waals surface area contributed by atoms with Gasteiger partial charge in [0.15, 0.2) is 0 Å². The monoisotopic (exact) mass is 394 g/mol. The largest absolute Gasteiger partial charge is 0.307 e. The molecule has 0 aliphatic carbocycles. The zero-order valence-corrected chi connectivity index (χ0v) is 14.7. The highest BCUT2D eigenvalue weighted by atomic mass is 127. The third-order valence-corrected chi connectivity index (χ3v) is 4.79. The van der Waals surface area contributed by atoms with E-state index in [1.165, 1.54) is 3.57 Å². The van der Waals surface area contributed by atoms with Gasteiger partial charge in [-0.2, -0.15) is 0 Å². The van der Waals surface area contributed by atoms with Gasteiger partial charge in [-0.25, -0.2) is 0 Å². The van der Waals surface area contributed by atoms with E-state index in [2.05, 4.69) is 60.5 Å². The van der Waals surface area contributed by atoms with E-state index >= 15 is 0 Å².